The van der Waals surface area contributed by atoms with E-state index in [-0.39, 0.29) is 32.4 Å². The van der Waals surface area contributed by atoms with Gasteiger partial charge in [0.05, 0.1) is 34.3 Å². The van der Waals surface area contributed by atoms with Gasteiger partial charge in [0.1, 0.15) is 17.3 Å². The molecule has 5 nitrogen and oxygen atoms in total. The van der Waals surface area contributed by atoms with E-state index in [1.807, 2.05) is 0 Å². The summed E-state index contributed by atoms with van der Waals surface area (Å²) in [5.74, 6) is -2.71. The molecule has 1 aliphatic rings. The average molecular weight is 486 g/mol. The van der Waals surface area contributed by atoms with Crippen LogP contribution in [-0.4, -0.2) is 23.9 Å². The number of ether oxygens (including phenoxy) is 1. The van der Waals surface area contributed by atoms with Crippen molar-refractivity contribution in [2.24, 2.45) is 0 Å². The van der Waals surface area contributed by atoms with E-state index in [9.17, 15) is 19.1 Å². The summed E-state index contributed by atoms with van der Waals surface area (Å²) in [6.45, 7) is 1.80. The Hall–Kier alpha value is -3.35. The molecular weight excluding hydrogens is 468 g/mol. The van der Waals surface area contributed by atoms with Crippen molar-refractivity contribution in [3.05, 3.63) is 98.8 Å². The van der Waals surface area contributed by atoms with Gasteiger partial charge in [-0.05, 0) is 43.3 Å². The molecule has 1 aliphatic heterocycles. The summed E-state index contributed by atoms with van der Waals surface area (Å²) in [7, 11) is 1.42. The van der Waals surface area contributed by atoms with E-state index in [1.54, 1.807) is 31.2 Å². The van der Waals surface area contributed by atoms with Gasteiger partial charge >= 0.3 is 0 Å². The molecule has 0 bridgehead atoms. The highest BCUT2D eigenvalue weighted by Gasteiger charge is 2.48. The molecule has 0 radical (unpaired) electrons. The van der Waals surface area contributed by atoms with Gasteiger partial charge in [-0.15, -0.1) is 0 Å². The Kier molecular flexibility index (Phi) is 6.15. The van der Waals surface area contributed by atoms with Gasteiger partial charge in [0.25, 0.3) is 11.7 Å². The highest BCUT2D eigenvalue weighted by atomic mass is 35.5. The van der Waals surface area contributed by atoms with E-state index in [4.69, 9.17) is 27.9 Å². The maximum absolute atomic E-state index is 15.0. The van der Waals surface area contributed by atoms with E-state index in [0.717, 1.165) is 10.5 Å². The minimum absolute atomic E-state index is 0.0379. The van der Waals surface area contributed by atoms with Crippen LogP contribution in [0.25, 0.3) is 5.76 Å². The lowest BCUT2D eigenvalue weighted by Crippen LogP contribution is -2.29. The molecule has 1 heterocycles. The van der Waals surface area contributed by atoms with E-state index in [0.29, 0.717) is 5.75 Å². The minimum Gasteiger partial charge on any atom is -0.507 e. The number of carbonyl (C=O) groups excluding carboxylic acids is 2. The number of hydrogen-bond donors (Lipinski definition) is 1. The van der Waals surface area contributed by atoms with Crippen molar-refractivity contribution >= 4 is 46.3 Å². The van der Waals surface area contributed by atoms with Gasteiger partial charge in [0.2, 0.25) is 0 Å². The number of halogens is 3. The molecule has 1 saturated heterocycles. The number of aryl methyl sites for hydroxylation is 1. The van der Waals surface area contributed by atoms with Gasteiger partial charge in [-0.3, -0.25) is 14.5 Å². The molecular formula is C25H18Cl2FNO4. The van der Waals surface area contributed by atoms with E-state index in [2.05, 4.69) is 0 Å². The van der Waals surface area contributed by atoms with Crippen molar-refractivity contribution in [1.82, 2.24) is 0 Å². The topological polar surface area (TPSA) is 66.8 Å². The van der Waals surface area contributed by atoms with Crippen molar-refractivity contribution in [3.63, 3.8) is 0 Å². The third-order valence-electron chi connectivity index (χ3n) is 5.44. The van der Waals surface area contributed by atoms with Gasteiger partial charge < -0.3 is 9.84 Å². The van der Waals surface area contributed by atoms with Crippen molar-refractivity contribution < 1.29 is 23.8 Å². The molecule has 1 amide bonds. The van der Waals surface area contributed by atoms with Crippen LogP contribution >= 0.6 is 23.2 Å². The van der Waals surface area contributed by atoms with Gasteiger partial charge in [-0.25, -0.2) is 4.39 Å². The van der Waals surface area contributed by atoms with Crippen LogP contribution in [0.1, 0.15) is 22.7 Å². The molecule has 8 heteroatoms. The molecule has 3 aromatic rings. The van der Waals surface area contributed by atoms with Gasteiger partial charge in [-0.2, -0.15) is 0 Å². The highest BCUT2D eigenvalue weighted by Crippen LogP contribution is 2.44. The first-order valence-corrected chi connectivity index (χ1v) is 10.7. The molecule has 1 atom stereocenters. The summed E-state index contributed by atoms with van der Waals surface area (Å²) in [6.07, 6.45) is 0. The number of carbonyl (C=O) groups is 2. The number of ketones is 1. The van der Waals surface area contributed by atoms with Crippen molar-refractivity contribution in [2.75, 3.05) is 12.0 Å². The van der Waals surface area contributed by atoms with Crippen LogP contribution in [0.4, 0.5) is 10.1 Å². The summed E-state index contributed by atoms with van der Waals surface area (Å²) in [5, 5.41) is 11.7. The Morgan fingerprint density at radius 1 is 1.03 bits per heavy atom. The van der Waals surface area contributed by atoms with Crippen molar-refractivity contribution in [3.8, 4) is 5.75 Å². The first-order chi connectivity index (χ1) is 15.7. The predicted octanol–water partition coefficient (Wildman–Crippen LogP) is 6.08. The molecule has 0 spiro atoms. The summed E-state index contributed by atoms with van der Waals surface area (Å²) in [5.41, 5.74) is 1.01. The standard InChI is InChI=1S/C25H18Cl2FNO4/c1-13-7-10-20(33-2)16(11-13)23(30)21-22(15-5-3-4-6-19(15)28)29(25(32)24(21)31)14-8-9-17(26)18(27)12-14/h3-12,22,30H,1-2H3/b23-21+. The molecule has 1 N–H and O–H groups in total. The van der Waals surface area contributed by atoms with Crippen LogP contribution in [0, 0.1) is 12.7 Å². The largest absolute Gasteiger partial charge is 0.507 e. The number of rotatable bonds is 4. The van der Waals surface area contributed by atoms with E-state index >= 15 is 0 Å². The van der Waals surface area contributed by atoms with Crippen LogP contribution in [0.15, 0.2) is 66.2 Å². The molecule has 1 unspecified atom stereocenters. The number of nitrogens with zero attached hydrogens (tertiary/aromatic N) is 1. The van der Waals surface area contributed by atoms with Gasteiger partial charge in [0, 0.05) is 11.3 Å². The lowest BCUT2D eigenvalue weighted by molar-refractivity contribution is -0.132. The molecule has 168 valence electrons. The monoisotopic (exact) mass is 485 g/mol. The van der Waals surface area contributed by atoms with Gasteiger partial charge in [-0.1, -0.05) is 53.0 Å². The first kappa shape index (κ1) is 22.8. The summed E-state index contributed by atoms with van der Waals surface area (Å²) in [6, 6.07) is 13.9. The lowest BCUT2D eigenvalue weighted by atomic mass is 9.94. The number of aliphatic hydroxyl groups is 1. The van der Waals surface area contributed by atoms with Crippen LogP contribution in [-0.2, 0) is 9.59 Å². The molecule has 1 fully saturated rings. The number of benzene rings is 3. The minimum atomic E-state index is -1.24. The van der Waals surface area contributed by atoms with Crippen LogP contribution < -0.4 is 9.64 Å². The molecule has 0 aromatic heterocycles. The maximum atomic E-state index is 15.0. The smallest absolute Gasteiger partial charge is 0.300 e. The number of anilines is 1. The number of Topliss-reactive ketones (excluding diaryl/α,β-unsaturated/α-hetero) is 1. The number of amides is 1. The van der Waals surface area contributed by atoms with Gasteiger partial charge in [0.15, 0.2) is 0 Å². The van der Waals surface area contributed by atoms with E-state index < -0.39 is 29.3 Å². The highest BCUT2D eigenvalue weighted by molar-refractivity contribution is 6.52. The summed E-state index contributed by atoms with van der Waals surface area (Å²) < 4.78 is 20.3. The Morgan fingerprint density at radius 2 is 1.76 bits per heavy atom. The molecule has 4 rings (SSSR count). The zero-order chi connectivity index (χ0) is 23.9. The normalized spacial score (nSPS) is 17.5. The second-order valence-electron chi connectivity index (χ2n) is 7.49. The summed E-state index contributed by atoms with van der Waals surface area (Å²) >= 11 is 12.2. The predicted molar refractivity (Wildman–Crippen MR) is 125 cm³/mol. The molecule has 0 aliphatic carbocycles. The zero-order valence-electron chi connectivity index (χ0n) is 17.6. The quantitative estimate of drug-likeness (QED) is 0.276. The third kappa shape index (κ3) is 3.96. The molecule has 0 saturated carbocycles. The Balaban J connectivity index is 2.02. The Morgan fingerprint density at radius 3 is 2.42 bits per heavy atom. The zero-order valence-corrected chi connectivity index (χ0v) is 19.1. The van der Waals surface area contributed by atoms with Crippen molar-refractivity contribution in [2.45, 2.75) is 13.0 Å². The lowest BCUT2D eigenvalue weighted by Gasteiger charge is -2.26. The third-order valence-corrected chi connectivity index (χ3v) is 6.17. The average Bonchev–Trinajstić information content (AvgIpc) is 3.06. The van der Waals surface area contributed by atoms with Crippen LogP contribution in [0.2, 0.25) is 10.0 Å². The Bertz CT molecular complexity index is 1320. The first-order valence-electron chi connectivity index (χ1n) is 9.90. The number of aliphatic hydroxyl groups excluding tert-OH is 1. The van der Waals surface area contributed by atoms with Crippen molar-refractivity contribution in [1.29, 1.82) is 0 Å². The van der Waals surface area contributed by atoms with E-state index in [1.165, 1.54) is 43.5 Å². The maximum Gasteiger partial charge on any atom is 0.300 e. The number of methoxy groups -OCH3 is 1. The fourth-order valence-corrected chi connectivity index (χ4v) is 4.17. The summed E-state index contributed by atoms with van der Waals surface area (Å²) in [4.78, 5) is 27.5. The molecule has 3 aromatic carbocycles. The second kappa shape index (κ2) is 8.89. The SMILES string of the molecule is COc1ccc(C)cc1/C(O)=C1\C(=O)C(=O)N(c2ccc(Cl)c(Cl)c2)C1c1ccccc1F. The second-order valence-corrected chi connectivity index (χ2v) is 8.31. The fourth-order valence-electron chi connectivity index (χ4n) is 3.88. The van der Waals surface area contributed by atoms with Crippen LogP contribution in [0.3, 0.4) is 0 Å². The number of hydrogen-bond acceptors (Lipinski definition) is 4. The van der Waals surface area contributed by atoms with Crippen LogP contribution in [0.5, 0.6) is 5.75 Å². The molecule has 33 heavy (non-hydrogen) atoms. The Labute approximate surface area is 199 Å². The fraction of sp³-hybridized carbons (Fsp3) is 0.120.